The maximum absolute atomic E-state index is 9.87. The Morgan fingerprint density at radius 2 is 1.17 bits per heavy atom. The second-order valence-electron chi connectivity index (χ2n) is 6.01. The predicted octanol–water partition coefficient (Wildman–Crippen LogP) is 1.12. The summed E-state index contributed by atoms with van der Waals surface area (Å²) in [7, 11) is 0. The Balaban J connectivity index is -0.000000283. The van der Waals surface area contributed by atoms with Crippen LogP contribution in [-0.4, -0.2) is 56.1 Å². The average molecular weight is 350 g/mol. The Bertz CT molecular complexity index is 362. The van der Waals surface area contributed by atoms with E-state index in [1.54, 1.807) is 6.92 Å². The van der Waals surface area contributed by atoms with Crippen LogP contribution < -0.4 is 0 Å². The zero-order valence-corrected chi connectivity index (χ0v) is 15.2. The summed E-state index contributed by atoms with van der Waals surface area (Å²) in [6.45, 7) is 10.0. The van der Waals surface area contributed by atoms with Gasteiger partial charge in [-0.25, -0.2) is 0 Å². The van der Waals surface area contributed by atoms with Gasteiger partial charge >= 0.3 is 11.9 Å². The summed E-state index contributed by atoms with van der Waals surface area (Å²) in [5.74, 6) is -2.61. The number of Topliss-reactive ketones (excluding diaryl/α,β-unsaturated/α-hetero) is 2. The fourth-order valence-electron chi connectivity index (χ4n) is 1.18. The minimum absolute atomic E-state index is 0.0468. The molecule has 2 unspecified atom stereocenters. The fraction of sp³-hybridized carbons (Fsp3) is 0.750. The van der Waals surface area contributed by atoms with Crippen LogP contribution >= 0.6 is 0 Å². The van der Waals surface area contributed by atoms with Crippen molar-refractivity contribution >= 4 is 23.5 Å². The highest BCUT2D eigenvalue weighted by Gasteiger charge is 2.30. The molecule has 0 aromatic heterocycles. The van der Waals surface area contributed by atoms with E-state index in [1.807, 2.05) is 20.8 Å². The quantitative estimate of drug-likeness (QED) is 0.499. The van der Waals surface area contributed by atoms with E-state index in [0.29, 0.717) is 0 Å². The standard InChI is InChI=1S/C8H18O2.2C4H6O3/c1-6(2)8(4,10)7(3)5-9;2*1-3(5)2-4(6)7/h6-7,9-10H,5H2,1-4H3;2*2H2,1H3,(H,6,7). The minimum Gasteiger partial charge on any atom is -0.481 e. The number of rotatable bonds is 7. The van der Waals surface area contributed by atoms with Crippen LogP contribution in [0.3, 0.4) is 0 Å². The lowest BCUT2D eigenvalue weighted by atomic mass is 9.82. The third-order valence-corrected chi connectivity index (χ3v) is 3.24. The first kappa shape index (κ1) is 27.1. The molecule has 4 N–H and O–H groups in total. The van der Waals surface area contributed by atoms with E-state index in [4.69, 9.17) is 15.3 Å². The second-order valence-corrected chi connectivity index (χ2v) is 6.01. The molecule has 0 radical (unpaired) electrons. The number of aliphatic hydroxyl groups excluding tert-OH is 1. The van der Waals surface area contributed by atoms with Gasteiger partial charge in [-0.15, -0.1) is 0 Å². The molecule has 0 aliphatic rings. The van der Waals surface area contributed by atoms with Crippen molar-refractivity contribution in [2.45, 2.75) is 60.0 Å². The van der Waals surface area contributed by atoms with Crippen molar-refractivity contribution in [3.05, 3.63) is 0 Å². The van der Waals surface area contributed by atoms with Crippen LogP contribution in [0.1, 0.15) is 54.4 Å². The predicted molar refractivity (Wildman–Crippen MR) is 87.6 cm³/mol. The van der Waals surface area contributed by atoms with Crippen molar-refractivity contribution in [3.8, 4) is 0 Å². The van der Waals surface area contributed by atoms with E-state index >= 15 is 0 Å². The zero-order valence-electron chi connectivity index (χ0n) is 15.2. The number of ketones is 2. The molecule has 0 amide bonds. The van der Waals surface area contributed by atoms with Gasteiger partial charge in [0.15, 0.2) is 0 Å². The molecule has 8 nitrogen and oxygen atoms in total. The minimum atomic E-state index is -1.06. The van der Waals surface area contributed by atoms with E-state index in [9.17, 15) is 24.3 Å². The Hall–Kier alpha value is -1.80. The maximum Gasteiger partial charge on any atom is 0.310 e. The molecule has 0 aromatic carbocycles. The molecule has 2 atom stereocenters. The number of carbonyl (C=O) groups excluding carboxylic acids is 2. The molecule has 0 heterocycles. The number of hydrogen-bond acceptors (Lipinski definition) is 6. The van der Waals surface area contributed by atoms with Crippen LogP contribution in [0.2, 0.25) is 0 Å². The maximum atomic E-state index is 9.87. The average Bonchev–Trinajstić information content (AvgIpc) is 2.35. The number of aliphatic hydroxyl groups is 2. The molecule has 0 spiro atoms. The lowest BCUT2D eigenvalue weighted by molar-refractivity contribution is -0.141. The monoisotopic (exact) mass is 350 g/mol. The summed E-state index contributed by atoms with van der Waals surface area (Å²) in [6.07, 6.45) is -0.722. The van der Waals surface area contributed by atoms with Crippen LogP contribution in [0.4, 0.5) is 0 Å². The molecule has 0 aliphatic carbocycles. The molecule has 0 saturated heterocycles. The highest BCUT2D eigenvalue weighted by atomic mass is 16.4. The Labute approximate surface area is 142 Å². The fourth-order valence-corrected chi connectivity index (χ4v) is 1.18. The first-order valence-corrected chi connectivity index (χ1v) is 7.44. The van der Waals surface area contributed by atoms with Gasteiger partial charge in [-0.2, -0.15) is 0 Å². The van der Waals surface area contributed by atoms with Crippen molar-refractivity contribution in [1.29, 1.82) is 0 Å². The first-order valence-electron chi connectivity index (χ1n) is 7.44. The Morgan fingerprint density at radius 3 is 1.21 bits per heavy atom. The number of carbonyl (C=O) groups is 4. The van der Waals surface area contributed by atoms with Crippen molar-refractivity contribution in [1.82, 2.24) is 0 Å². The van der Waals surface area contributed by atoms with Crippen LogP contribution in [-0.2, 0) is 19.2 Å². The van der Waals surface area contributed by atoms with Gasteiger partial charge in [-0.1, -0.05) is 20.8 Å². The summed E-state index contributed by atoms with van der Waals surface area (Å²) in [5, 5.41) is 34.2. The Kier molecular flexibility index (Phi) is 15.4. The zero-order chi connectivity index (χ0) is 20.1. The summed E-state index contributed by atoms with van der Waals surface area (Å²) >= 11 is 0. The molecule has 0 saturated carbocycles. The number of carboxylic acids is 2. The summed E-state index contributed by atoms with van der Waals surface area (Å²) < 4.78 is 0. The molecular weight excluding hydrogens is 320 g/mol. The Morgan fingerprint density at radius 1 is 0.875 bits per heavy atom. The van der Waals surface area contributed by atoms with E-state index in [-0.39, 0.29) is 42.9 Å². The van der Waals surface area contributed by atoms with Gasteiger partial charge in [0, 0.05) is 12.5 Å². The SMILES string of the molecule is CC(=O)CC(=O)O.CC(=O)CC(=O)O.CC(C)C(C)(O)C(C)CO. The summed E-state index contributed by atoms with van der Waals surface area (Å²) in [6, 6.07) is 0. The van der Waals surface area contributed by atoms with E-state index < -0.39 is 17.5 Å². The molecular formula is C16H30O8. The molecule has 24 heavy (non-hydrogen) atoms. The third-order valence-electron chi connectivity index (χ3n) is 3.24. The van der Waals surface area contributed by atoms with Crippen LogP contribution in [0.5, 0.6) is 0 Å². The highest BCUT2D eigenvalue weighted by molar-refractivity contribution is 5.93. The van der Waals surface area contributed by atoms with Gasteiger partial charge in [0.05, 0.1) is 5.60 Å². The van der Waals surface area contributed by atoms with Gasteiger partial charge in [0.1, 0.15) is 24.4 Å². The van der Waals surface area contributed by atoms with Crippen molar-refractivity contribution in [3.63, 3.8) is 0 Å². The molecule has 0 aromatic rings. The summed E-state index contributed by atoms with van der Waals surface area (Å²) in [4.78, 5) is 38.9. The van der Waals surface area contributed by atoms with Crippen LogP contribution in [0.15, 0.2) is 0 Å². The highest BCUT2D eigenvalue weighted by Crippen LogP contribution is 2.24. The van der Waals surface area contributed by atoms with Crippen molar-refractivity contribution in [2.24, 2.45) is 11.8 Å². The summed E-state index contributed by atoms with van der Waals surface area (Å²) in [5.41, 5.74) is -0.741. The third kappa shape index (κ3) is 18.2. The smallest absolute Gasteiger partial charge is 0.310 e. The van der Waals surface area contributed by atoms with Gasteiger partial charge in [-0.3, -0.25) is 19.2 Å². The van der Waals surface area contributed by atoms with Gasteiger partial charge < -0.3 is 20.4 Å². The van der Waals surface area contributed by atoms with Crippen molar-refractivity contribution in [2.75, 3.05) is 6.61 Å². The number of aliphatic carboxylic acids is 2. The lowest BCUT2D eigenvalue weighted by Crippen LogP contribution is -2.40. The van der Waals surface area contributed by atoms with E-state index in [0.717, 1.165) is 0 Å². The molecule has 142 valence electrons. The molecule has 0 rings (SSSR count). The number of hydrogen-bond donors (Lipinski definition) is 4. The van der Waals surface area contributed by atoms with Crippen LogP contribution in [0, 0.1) is 11.8 Å². The van der Waals surface area contributed by atoms with Crippen molar-refractivity contribution < 1.29 is 39.6 Å². The molecule has 0 aliphatic heterocycles. The van der Waals surface area contributed by atoms with E-state index in [1.165, 1.54) is 13.8 Å². The van der Waals surface area contributed by atoms with Gasteiger partial charge in [-0.05, 0) is 26.7 Å². The first-order chi connectivity index (χ1) is 10.7. The molecule has 0 fully saturated rings. The normalized spacial score (nSPS) is 13.4. The number of carboxylic acid groups (broad SMARTS) is 2. The largest absolute Gasteiger partial charge is 0.481 e. The topological polar surface area (TPSA) is 149 Å². The lowest BCUT2D eigenvalue weighted by Gasteiger charge is -2.32. The van der Waals surface area contributed by atoms with E-state index in [2.05, 4.69) is 0 Å². The van der Waals surface area contributed by atoms with Crippen LogP contribution in [0.25, 0.3) is 0 Å². The molecule has 0 bridgehead atoms. The van der Waals surface area contributed by atoms with Gasteiger partial charge in [0.2, 0.25) is 0 Å². The molecule has 8 heteroatoms. The second kappa shape index (κ2) is 13.6. The van der Waals surface area contributed by atoms with Gasteiger partial charge in [0.25, 0.3) is 0 Å².